The number of nitrogens with two attached hydrogens (primary N) is 1. The van der Waals surface area contributed by atoms with Gasteiger partial charge in [0.2, 0.25) is 0 Å². The second-order valence-corrected chi connectivity index (χ2v) is 5.61. The summed E-state index contributed by atoms with van der Waals surface area (Å²) in [5.41, 5.74) is 12.7. The first-order valence-electron chi connectivity index (χ1n) is 7.31. The number of hydrogen-bond acceptors (Lipinski definition) is 3. The molecule has 0 aromatic heterocycles. The van der Waals surface area contributed by atoms with E-state index >= 15 is 0 Å². The summed E-state index contributed by atoms with van der Waals surface area (Å²) in [6.45, 7) is 3.14. The molecule has 0 spiro atoms. The zero-order valence-corrected chi connectivity index (χ0v) is 12.3. The van der Waals surface area contributed by atoms with Gasteiger partial charge >= 0.3 is 0 Å². The van der Waals surface area contributed by atoms with Gasteiger partial charge in [0, 0.05) is 23.6 Å². The van der Waals surface area contributed by atoms with Crippen LogP contribution in [0, 0.1) is 18.3 Å². The lowest BCUT2D eigenvalue weighted by atomic mass is 9.98. The number of nitrogens with zero attached hydrogens (tertiary/aromatic N) is 2. The van der Waals surface area contributed by atoms with Crippen molar-refractivity contribution in [2.24, 2.45) is 0 Å². The molecule has 0 fully saturated rings. The van der Waals surface area contributed by atoms with Crippen LogP contribution in [0.15, 0.2) is 36.4 Å². The molecule has 3 rings (SSSR count). The van der Waals surface area contributed by atoms with Crippen molar-refractivity contribution in [3.05, 3.63) is 53.1 Å². The highest BCUT2D eigenvalue weighted by Gasteiger charge is 2.18. The molecule has 0 unspecified atom stereocenters. The average Bonchev–Trinajstić information content (AvgIpc) is 2.49. The van der Waals surface area contributed by atoms with Crippen molar-refractivity contribution in [3.8, 4) is 6.07 Å². The van der Waals surface area contributed by atoms with Gasteiger partial charge in [0.1, 0.15) is 0 Å². The molecule has 1 aliphatic rings. The third kappa shape index (κ3) is 2.57. The summed E-state index contributed by atoms with van der Waals surface area (Å²) in [6.07, 6.45) is 2.64. The summed E-state index contributed by atoms with van der Waals surface area (Å²) < 4.78 is 0. The fourth-order valence-electron chi connectivity index (χ4n) is 2.99. The molecule has 0 amide bonds. The van der Waals surface area contributed by atoms with Crippen molar-refractivity contribution < 1.29 is 0 Å². The van der Waals surface area contributed by atoms with Crippen LogP contribution in [0.2, 0.25) is 0 Å². The van der Waals surface area contributed by atoms with Crippen molar-refractivity contribution in [1.29, 1.82) is 5.26 Å². The Morgan fingerprint density at radius 3 is 2.90 bits per heavy atom. The minimum absolute atomic E-state index is 0.355. The molecule has 1 heterocycles. The van der Waals surface area contributed by atoms with Crippen LogP contribution in [0.25, 0.3) is 0 Å². The summed E-state index contributed by atoms with van der Waals surface area (Å²) in [5, 5.41) is 8.91. The first-order valence-corrected chi connectivity index (χ1v) is 7.31. The number of nitriles is 1. The summed E-state index contributed by atoms with van der Waals surface area (Å²) in [7, 11) is 0. The minimum atomic E-state index is 0.355. The highest BCUT2D eigenvalue weighted by molar-refractivity contribution is 5.70. The summed E-state index contributed by atoms with van der Waals surface area (Å²) >= 11 is 0. The molecule has 0 aliphatic carbocycles. The van der Waals surface area contributed by atoms with Crippen molar-refractivity contribution in [2.75, 3.05) is 17.2 Å². The number of benzene rings is 2. The molecule has 0 atom stereocenters. The first-order chi connectivity index (χ1) is 10.2. The fraction of sp³-hybridized carbons (Fsp3) is 0.278. The third-order valence-electron chi connectivity index (χ3n) is 4.06. The summed E-state index contributed by atoms with van der Waals surface area (Å²) in [6, 6.07) is 14.8. The van der Waals surface area contributed by atoms with Gasteiger partial charge in [0.15, 0.2) is 0 Å². The van der Waals surface area contributed by atoms with Gasteiger partial charge in [-0.25, -0.2) is 0 Å². The predicted molar refractivity (Wildman–Crippen MR) is 86.7 cm³/mol. The number of hydrogen-bond donors (Lipinski definition) is 1. The molecule has 2 aromatic carbocycles. The van der Waals surface area contributed by atoms with Gasteiger partial charge in [0.05, 0.1) is 12.5 Å². The van der Waals surface area contributed by atoms with Crippen molar-refractivity contribution in [3.63, 3.8) is 0 Å². The maximum absolute atomic E-state index is 8.91. The van der Waals surface area contributed by atoms with Crippen LogP contribution < -0.4 is 10.6 Å². The molecular formula is C18H19N3. The highest BCUT2D eigenvalue weighted by Crippen LogP contribution is 2.35. The van der Waals surface area contributed by atoms with E-state index in [0.29, 0.717) is 12.1 Å². The van der Waals surface area contributed by atoms with E-state index in [9.17, 15) is 0 Å². The van der Waals surface area contributed by atoms with Crippen LogP contribution in [0.1, 0.15) is 23.1 Å². The molecule has 2 aromatic rings. The number of fused-ring (bicyclic) bond motifs is 1. The number of nitrogen functional groups attached to an aromatic ring is 1. The smallest absolute Gasteiger partial charge is 0.0670 e. The number of anilines is 3. The molecule has 2 N–H and O–H groups in total. The monoisotopic (exact) mass is 277 g/mol. The molecule has 0 saturated heterocycles. The zero-order valence-electron chi connectivity index (χ0n) is 12.3. The number of aryl methyl sites for hydroxylation is 2. The lowest BCUT2D eigenvalue weighted by Gasteiger charge is -2.32. The van der Waals surface area contributed by atoms with Crippen LogP contribution in [-0.4, -0.2) is 6.54 Å². The molecule has 3 nitrogen and oxygen atoms in total. The van der Waals surface area contributed by atoms with E-state index in [-0.39, 0.29) is 0 Å². The standard InChI is InChI=1S/C18H19N3/c1-13-4-7-18-15(11-13)3-2-10-21(18)16-5-6-17(20)14(12-16)8-9-19/h4-7,11-12H,2-3,8,10,20H2,1H3. The van der Waals surface area contributed by atoms with Gasteiger partial charge in [-0.3, -0.25) is 0 Å². The quantitative estimate of drug-likeness (QED) is 0.851. The zero-order chi connectivity index (χ0) is 14.8. The molecule has 1 aliphatic heterocycles. The average molecular weight is 277 g/mol. The normalized spacial score (nSPS) is 13.6. The second-order valence-electron chi connectivity index (χ2n) is 5.61. The highest BCUT2D eigenvalue weighted by atomic mass is 15.1. The Kier molecular flexibility index (Phi) is 3.53. The Balaban J connectivity index is 2.03. The molecule has 0 radical (unpaired) electrons. The maximum atomic E-state index is 8.91. The van der Waals surface area contributed by atoms with Gasteiger partial charge in [-0.05, 0) is 55.2 Å². The molecule has 0 bridgehead atoms. The third-order valence-corrected chi connectivity index (χ3v) is 4.06. The first kappa shape index (κ1) is 13.5. The molecule has 21 heavy (non-hydrogen) atoms. The van der Waals surface area contributed by atoms with E-state index in [0.717, 1.165) is 30.6 Å². The SMILES string of the molecule is Cc1ccc2c(c1)CCCN2c1ccc(N)c(CC#N)c1. The lowest BCUT2D eigenvalue weighted by Crippen LogP contribution is -2.24. The van der Waals surface area contributed by atoms with E-state index in [1.807, 2.05) is 18.2 Å². The predicted octanol–water partition coefficient (Wildman–Crippen LogP) is 3.73. The minimum Gasteiger partial charge on any atom is -0.398 e. The van der Waals surface area contributed by atoms with Crippen LogP contribution in [-0.2, 0) is 12.8 Å². The Hall–Kier alpha value is -2.47. The second kappa shape index (κ2) is 5.49. The van der Waals surface area contributed by atoms with E-state index in [1.165, 1.54) is 16.8 Å². The van der Waals surface area contributed by atoms with Gasteiger partial charge in [0.25, 0.3) is 0 Å². The Labute approximate surface area is 125 Å². The van der Waals surface area contributed by atoms with Crippen molar-refractivity contribution in [2.45, 2.75) is 26.2 Å². The molecule has 3 heteroatoms. The lowest BCUT2D eigenvalue weighted by molar-refractivity contribution is 0.766. The number of rotatable bonds is 2. The van der Waals surface area contributed by atoms with Gasteiger partial charge in [-0.15, -0.1) is 0 Å². The van der Waals surface area contributed by atoms with E-state index in [1.54, 1.807) is 0 Å². The van der Waals surface area contributed by atoms with Crippen molar-refractivity contribution >= 4 is 17.1 Å². The molecule has 0 saturated carbocycles. The maximum Gasteiger partial charge on any atom is 0.0670 e. The fourth-order valence-corrected chi connectivity index (χ4v) is 2.99. The largest absolute Gasteiger partial charge is 0.398 e. The van der Waals surface area contributed by atoms with Crippen LogP contribution in [0.3, 0.4) is 0 Å². The Morgan fingerprint density at radius 2 is 2.10 bits per heavy atom. The Bertz CT molecular complexity index is 713. The van der Waals surface area contributed by atoms with Crippen LogP contribution in [0.4, 0.5) is 17.1 Å². The molecular weight excluding hydrogens is 258 g/mol. The van der Waals surface area contributed by atoms with E-state index < -0.39 is 0 Å². The van der Waals surface area contributed by atoms with Crippen LogP contribution >= 0.6 is 0 Å². The topological polar surface area (TPSA) is 53.0 Å². The van der Waals surface area contributed by atoms with Gasteiger partial charge in [-0.1, -0.05) is 17.7 Å². The van der Waals surface area contributed by atoms with Gasteiger partial charge in [-0.2, -0.15) is 5.26 Å². The van der Waals surface area contributed by atoms with E-state index in [2.05, 4.69) is 36.1 Å². The Morgan fingerprint density at radius 1 is 1.24 bits per heavy atom. The molecule has 106 valence electrons. The summed E-state index contributed by atoms with van der Waals surface area (Å²) in [5.74, 6) is 0. The van der Waals surface area contributed by atoms with Gasteiger partial charge < -0.3 is 10.6 Å². The summed E-state index contributed by atoms with van der Waals surface area (Å²) in [4.78, 5) is 2.33. The van der Waals surface area contributed by atoms with Crippen molar-refractivity contribution in [1.82, 2.24) is 0 Å². The van der Waals surface area contributed by atoms with E-state index in [4.69, 9.17) is 11.0 Å². The van der Waals surface area contributed by atoms with Crippen LogP contribution in [0.5, 0.6) is 0 Å².